The van der Waals surface area contributed by atoms with E-state index in [1.165, 1.54) is 21.0 Å². The van der Waals surface area contributed by atoms with Crippen LogP contribution >= 0.6 is 11.3 Å². The molecule has 3 aromatic heterocycles. The predicted molar refractivity (Wildman–Crippen MR) is 115 cm³/mol. The van der Waals surface area contributed by atoms with E-state index in [4.69, 9.17) is 4.42 Å². The average Bonchev–Trinajstić information content (AvgIpc) is 3.21. The molecule has 0 atom stereocenters. The van der Waals surface area contributed by atoms with Crippen LogP contribution in [0.2, 0.25) is 0 Å². The van der Waals surface area contributed by atoms with Crippen LogP contribution in [0.3, 0.4) is 0 Å². The number of fused-ring (bicyclic) bond motifs is 4. The molecule has 2 nitrogen and oxygen atoms in total. The number of aromatic nitrogens is 1. The zero-order chi connectivity index (χ0) is 18.6. The first-order valence-corrected chi connectivity index (χ1v) is 10.1. The maximum atomic E-state index is 6.32. The molecule has 0 aliphatic carbocycles. The van der Waals surface area contributed by atoms with Crippen molar-refractivity contribution in [1.82, 2.24) is 4.98 Å². The van der Waals surface area contributed by atoms with Crippen molar-refractivity contribution in [2.75, 3.05) is 0 Å². The summed E-state index contributed by atoms with van der Waals surface area (Å²) in [5, 5.41) is 5.72. The van der Waals surface area contributed by atoms with E-state index < -0.39 is 0 Å². The van der Waals surface area contributed by atoms with Crippen LogP contribution in [0.1, 0.15) is 26.3 Å². The second-order valence-corrected chi connectivity index (χ2v) is 9.33. The van der Waals surface area contributed by atoms with E-state index in [1.807, 2.05) is 6.20 Å². The highest BCUT2D eigenvalue weighted by molar-refractivity contribution is 7.17. The second-order valence-electron chi connectivity index (χ2n) is 8.38. The molecule has 0 saturated heterocycles. The minimum absolute atomic E-state index is 0.246. The van der Waals surface area contributed by atoms with Gasteiger partial charge in [0.1, 0.15) is 11.2 Å². The van der Waals surface area contributed by atoms with Crippen LogP contribution in [-0.4, -0.2) is 4.98 Å². The molecule has 0 aliphatic rings. The fourth-order valence-electron chi connectivity index (χ4n) is 3.80. The molecule has 134 valence electrons. The smallest absolute Gasteiger partial charge is 0.144 e. The second kappa shape index (κ2) is 5.93. The zero-order valence-electron chi connectivity index (χ0n) is 15.7. The fourth-order valence-corrected chi connectivity index (χ4v) is 4.60. The molecule has 3 heteroatoms. The molecule has 0 fully saturated rings. The van der Waals surface area contributed by atoms with Gasteiger partial charge >= 0.3 is 0 Å². The maximum absolute atomic E-state index is 6.32. The summed E-state index contributed by atoms with van der Waals surface area (Å²) in [4.78, 5) is 4.65. The number of hydrogen-bond acceptors (Lipinski definition) is 3. The molecule has 2 aromatic carbocycles. The lowest BCUT2D eigenvalue weighted by Crippen LogP contribution is -2.09. The molecule has 5 aromatic rings. The Labute approximate surface area is 162 Å². The summed E-state index contributed by atoms with van der Waals surface area (Å²) in [7, 11) is 0. The van der Waals surface area contributed by atoms with Gasteiger partial charge in [-0.05, 0) is 64.6 Å². The van der Waals surface area contributed by atoms with Crippen LogP contribution in [0.15, 0.2) is 64.5 Å². The van der Waals surface area contributed by atoms with Gasteiger partial charge in [-0.1, -0.05) is 32.9 Å². The monoisotopic (exact) mass is 371 g/mol. The Morgan fingerprint density at radius 2 is 1.89 bits per heavy atom. The normalized spacial score (nSPS) is 12.4. The van der Waals surface area contributed by atoms with Gasteiger partial charge in [-0.3, -0.25) is 4.98 Å². The van der Waals surface area contributed by atoms with E-state index in [2.05, 4.69) is 79.7 Å². The lowest BCUT2D eigenvalue weighted by molar-refractivity contribution is 0.411. The van der Waals surface area contributed by atoms with Crippen LogP contribution in [0.5, 0.6) is 0 Å². The van der Waals surface area contributed by atoms with E-state index in [9.17, 15) is 0 Å². The van der Waals surface area contributed by atoms with Crippen LogP contribution in [-0.2, 0) is 6.42 Å². The van der Waals surface area contributed by atoms with Crippen molar-refractivity contribution in [2.45, 2.75) is 27.2 Å². The number of hydrogen-bond donors (Lipinski definition) is 0. The molecule has 0 N–H and O–H groups in total. The summed E-state index contributed by atoms with van der Waals surface area (Å²) < 4.78 is 7.58. The first kappa shape index (κ1) is 16.5. The van der Waals surface area contributed by atoms with Crippen molar-refractivity contribution in [1.29, 1.82) is 0 Å². The number of rotatable bonds is 2. The molecule has 0 spiro atoms. The highest BCUT2D eigenvalue weighted by Gasteiger charge is 2.16. The predicted octanol–water partition coefficient (Wildman–Crippen LogP) is 7.45. The summed E-state index contributed by atoms with van der Waals surface area (Å²) in [6.45, 7) is 6.79. The van der Waals surface area contributed by atoms with Gasteiger partial charge in [-0.25, -0.2) is 0 Å². The van der Waals surface area contributed by atoms with E-state index in [-0.39, 0.29) is 5.41 Å². The largest absolute Gasteiger partial charge is 0.455 e. The van der Waals surface area contributed by atoms with E-state index in [0.29, 0.717) is 0 Å². The van der Waals surface area contributed by atoms with Crippen molar-refractivity contribution < 1.29 is 4.42 Å². The number of nitrogens with zero attached hydrogens (tertiary/aromatic N) is 1. The Morgan fingerprint density at radius 3 is 2.74 bits per heavy atom. The Kier molecular flexibility index (Phi) is 3.63. The van der Waals surface area contributed by atoms with Crippen molar-refractivity contribution in [3.63, 3.8) is 0 Å². The molecular formula is C24H21NOS. The van der Waals surface area contributed by atoms with E-state index in [1.54, 1.807) is 11.3 Å². The minimum Gasteiger partial charge on any atom is -0.455 e. The summed E-state index contributed by atoms with van der Waals surface area (Å²) in [6.07, 6.45) is 2.93. The van der Waals surface area contributed by atoms with Crippen LogP contribution in [0.25, 0.3) is 43.3 Å². The third-order valence-electron chi connectivity index (χ3n) is 4.91. The SMILES string of the molecule is CC(C)(C)Cc1ccnc(-c2cccc3c2oc2cc4sccc4cc23)c1. The number of pyridine rings is 1. The van der Waals surface area contributed by atoms with Gasteiger partial charge in [0.2, 0.25) is 0 Å². The van der Waals surface area contributed by atoms with Crippen LogP contribution in [0, 0.1) is 5.41 Å². The molecule has 0 amide bonds. The Morgan fingerprint density at radius 1 is 1.00 bits per heavy atom. The van der Waals surface area contributed by atoms with Gasteiger partial charge in [0.25, 0.3) is 0 Å². The summed E-state index contributed by atoms with van der Waals surface area (Å²) in [6, 6.07) is 17.2. The van der Waals surface area contributed by atoms with Gasteiger partial charge in [-0.2, -0.15) is 0 Å². The average molecular weight is 372 g/mol. The summed E-state index contributed by atoms with van der Waals surface area (Å²) in [5.41, 5.74) is 5.45. The standard InChI is InChI=1S/C24H21NOS/c1-24(2,3)14-15-7-9-25-20(11-15)18-6-4-5-17-19-12-16-8-10-27-22(16)13-21(19)26-23(17)18/h4-13H,14H2,1-3H3. The fraction of sp³-hybridized carbons (Fsp3) is 0.208. The van der Waals surface area contributed by atoms with E-state index >= 15 is 0 Å². The topological polar surface area (TPSA) is 26.0 Å². The molecule has 3 heterocycles. The molecule has 27 heavy (non-hydrogen) atoms. The molecule has 0 radical (unpaired) electrons. The molecular weight excluding hydrogens is 350 g/mol. The number of para-hydroxylation sites is 1. The number of thiophene rings is 1. The third-order valence-corrected chi connectivity index (χ3v) is 5.79. The van der Waals surface area contributed by atoms with Crippen LogP contribution < -0.4 is 0 Å². The molecule has 0 unspecified atom stereocenters. The Balaban J connectivity index is 1.71. The Bertz CT molecular complexity index is 1290. The van der Waals surface area contributed by atoms with Gasteiger partial charge in [0.15, 0.2) is 0 Å². The van der Waals surface area contributed by atoms with Gasteiger partial charge in [-0.15, -0.1) is 11.3 Å². The first-order chi connectivity index (χ1) is 13.0. The lowest BCUT2D eigenvalue weighted by atomic mass is 9.88. The van der Waals surface area contributed by atoms with Crippen molar-refractivity contribution in [3.8, 4) is 11.3 Å². The highest BCUT2D eigenvalue weighted by Crippen LogP contribution is 2.38. The lowest BCUT2D eigenvalue weighted by Gasteiger charge is -2.18. The van der Waals surface area contributed by atoms with Crippen molar-refractivity contribution in [2.24, 2.45) is 5.41 Å². The third kappa shape index (κ3) is 2.92. The maximum Gasteiger partial charge on any atom is 0.144 e. The summed E-state index contributed by atoms with van der Waals surface area (Å²) in [5.74, 6) is 0. The summed E-state index contributed by atoms with van der Waals surface area (Å²) >= 11 is 1.75. The minimum atomic E-state index is 0.246. The Hall–Kier alpha value is -2.65. The highest BCUT2D eigenvalue weighted by atomic mass is 32.1. The molecule has 5 rings (SSSR count). The molecule has 0 bridgehead atoms. The first-order valence-electron chi connectivity index (χ1n) is 9.26. The van der Waals surface area contributed by atoms with Gasteiger partial charge in [0.05, 0.1) is 5.69 Å². The molecule has 0 aliphatic heterocycles. The van der Waals surface area contributed by atoms with Crippen molar-refractivity contribution >= 4 is 43.4 Å². The van der Waals surface area contributed by atoms with Crippen LogP contribution in [0.4, 0.5) is 0 Å². The van der Waals surface area contributed by atoms with Gasteiger partial charge in [0, 0.05) is 27.2 Å². The van der Waals surface area contributed by atoms with E-state index in [0.717, 1.165) is 34.2 Å². The van der Waals surface area contributed by atoms with Crippen molar-refractivity contribution in [3.05, 3.63) is 65.7 Å². The quantitative estimate of drug-likeness (QED) is 0.322. The molecule has 0 saturated carbocycles. The number of benzene rings is 2. The zero-order valence-corrected chi connectivity index (χ0v) is 16.6. The van der Waals surface area contributed by atoms with Gasteiger partial charge < -0.3 is 4.42 Å². The number of furan rings is 1.